The Morgan fingerprint density at radius 3 is 3.00 bits per heavy atom. The maximum absolute atomic E-state index is 5.82. The van der Waals surface area contributed by atoms with Crippen molar-refractivity contribution >= 4 is 0 Å². The second-order valence-corrected chi connectivity index (χ2v) is 6.34. The van der Waals surface area contributed by atoms with Gasteiger partial charge in [0.1, 0.15) is 0 Å². The number of rotatable bonds is 3. The Balaban J connectivity index is 1.65. The highest BCUT2D eigenvalue weighted by Gasteiger charge is 2.58. The summed E-state index contributed by atoms with van der Waals surface area (Å²) in [6, 6.07) is 0.574. The van der Waals surface area contributed by atoms with Crippen molar-refractivity contribution in [2.24, 2.45) is 18.4 Å². The van der Waals surface area contributed by atoms with Gasteiger partial charge in [-0.05, 0) is 13.3 Å². The minimum atomic E-state index is 0.261. The van der Waals surface area contributed by atoms with Crippen molar-refractivity contribution in [3.05, 3.63) is 17.5 Å². The number of ether oxygens (including phenoxy) is 1. The van der Waals surface area contributed by atoms with Gasteiger partial charge in [-0.2, -0.15) is 5.10 Å². The van der Waals surface area contributed by atoms with Gasteiger partial charge in [-0.25, -0.2) is 0 Å². The van der Waals surface area contributed by atoms with Crippen molar-refractivity contribution in [3.63, 3.8) is 0 Å². The maximum atomic E-state index is 5.82. The first-order valence-electron chi connectivity index (χ1n) is 6.84. The zero-order valence-corrected chi connectivity index (χ0v) is 11.7. The summed E-state index contributed by atoms with van der Waals surface area (Å²) < 4.78 is 7.71. The molecule has 3 atom stereocenters. The lowest BCUT2D eigenvalue weighted by molar-refractivity contribution is -0.113. The summed E-state index contributed by atoms with van der Waals surface area (Å²) in [6.07, 6.45) is 3.78. The second-order valence-electron chi connectivity index (χ2n) is 6.34. The smallest absolute Gasteiger partial charge is 0.0685 e. The van der Waals surface area contributed by atoms with Crippen LogP contribution in [0.2, 0.25) is 0 Å². The lowest BCUT2D eigenvalue weighted by Crippen LogP contribution is -2.65. The Hall–Kier alpha value is -0.870. The molecule has 0 spiro atoms. The van der Waals surface area contributed by atoms with Gasteiger partial charge in [0, 0.05) is 49.3 Å². The van der Waals surface area contributed by atoms with Gasteiger partial charge in [0.25, 0.3) is 0 Å². The van der Waals surface area contributed by atoms with Crippen LogP contribution >= 0.6 is 0 Å². The van der Waals surface area contributed by atoms with Crippen molar-refractivity contribution < 1.29 is 4.74 Å². The molecule has 18 heavy (non-hydrogen) atoms. The lowest BCUT2D eigenvalue weighted by atomic mass is 9.57. The second kappa shape index (κ2) is 4.07. The highest BCUT2D eigenvalue weighted by atomic mass is 16.5. The summed E-state index contributed by atoms with van der Waals surface area (Å²) in [5, 5.41) is 8.11. The van der Waals surface area contributed by atoms with Crippen LogP contribution < -0.4 is 5.32 Å². The molecule has 1 saturated heterocycles. The Morgan fingerprint density at radius 1 is 1.56 bits per heavy atom. The average molecular weight is 249 g/mol. The largest absolute Gasteiger partial charge is 0.377 e. The third-order valence-corrected chi connectivity index (χ3v) is 4.73. The fourth-order valence-corrected chi connectivity index (χ4v) is 3.78. The molecule has 1 aliphatic heterocycles. The van der Waals surface area contributed by atoms with Crippen molar-refractivity contribution in [2.45, 2.75) is 45.9 Å². The highest BCUT2D eigenvalue weighted by Crippen LogP contribution is 2.52. The van der Waals surface area contributed by atoms with Gasteiger partial charge in [-0.15, -0.1) is 0 Å². The monoisotopic (exact) mass is 249 g/mol. The molecule has 100 valence electrons. The average Bonchev–Trinajstić information content (AvgIpc) is 2.85. The maximum Gasteiger partial charge on any atom is 0.0685 e. The van der Waals surface area contributed by atoms with Crippen LogP contribution in [0.25, 0.3) is 0 Å². The molecule has 0 aromatic carbocycles. The van der Waals surface area contributed by atoms with E-state index in [1.54, 1.807) is 0 Å². The number of nitrogens with one attached hydrogen (secondary N) is 1. The Bertz CT molecular complexity index is 452. The summed E-state index contributed by atoms with van der Waals surface area (Å²) in [5.41, 5.74) is 2.69. The van der Waals surface area contributed by atoms with E-state index in [2.05, 4.69) is 37.4 Å². The number of aromatic nitrogens is 2. The van der Waals surface area contributed by atoms with Crippen LogP contribution in [-0.4, -0.2) is 28.5 Å². The van der Waals surface area contributed by atoms with Crippen LogP contribution in [0.1, 0.15) is 31.5 Å². The molecule has 3 rings (SSSR count). The summed E-state index contributed by atoms with van der Waals surface area (Å²) in [4.78, 5) is 0. The van der Waals surface area contributed by atoms with Crippen LogP contribution in [-0.2, 0) is 18.3 Å². The first-order valence-corrected chi connectivity index (χ1v) is 6.84. The quantitative estimate of drug-likeness (QED) is 0.885. The Morgan fingerprint density at radius 2 is 2.33 bits per heavy atom. The molecule has 0 bridgehead atoms. The van der Waals surface area contributed by atoms with E-state index in [9.17, 15) is 0 Å². The zero-order chi connectivity index (χ0) is 12.9. The minimum Gasteiger partial charge on any atom is -0.377 e. The molecule has 0 amide bonds. The zero-order valence-electron chi connectivity index (χ0n) is 11.7. The van der Waals surface area contributed by atoms with Gasteiger partial charge in [0.05, 0.1) is 11.8 Å². The molecule has 4 nitrogen and oxygen atoms in total. The van der Waals surface area contributed by atoms with Gasteiger partial charge in [-0.3, -0.25) is 4.68 Å². The third-order valence-electron chi connectivity index (χ3n) is 4.73. The molecule has 2 fully saturated rings. The van der Waals surface area contributed by atoms with Crippen LogP contribution in [0.5, 0.6) is 0 Å². The fraction of sp³-hybridized carbons (Fsp3) is 0.786. The first-order chi connectivity index (χ1) is 8.50. The van der Waals surface area contributed by atoms with Crippen LogP contribution in [0.4, 0.5) is 0 Å². The normalized spacial score (nSPS) is 33.2. The molecule has 1 saturated carbocycles. The van der Waals surface area contributed by atoms with Gasteiger partial charge >= 0.3 is 0 Å². The number of hydrogen-bond acceptors (Lipinski definition) is 3. The lowest BCUT2D eigenvalue weighted by Gasteiger charge is -2.55. The summed E-state index contributed by atoms with van der Waals surface area (Å²) >= 11 is 0. The Labute approximate surface area is 109 Å². The summed E-state index contributed by atoms with van der Waals surface area (Å²) in [6.45, 7) is 8.55. The van der Waals surface area contributed by atoms with E-state index in [4.69, 9.17) is 4.74 Å². The third kappa shape index (κ3) is 1.70. The molecule has 1 aromatic rings. The predicted molar refractivity (Wildman–Crippen MR) is 70.2 cm³/mol. The SMILES string of the molecule is Cc1nn(C)cc1CNC1C2CCOC2C1(C)C. The van der Waals surface area contributed by atoms with E-state index in [0.29, 0.717) is 18.1 Å². The standard InChI is InChI=1S/C14H23N3O/c1-9-10(8-17(4)16-9)7-15-12-11-5-6-18-13(11)14(12,2)3/h8,11-13,15H,5-7H2,1-4H3. The minimum absolute atomic E-state index is 0.261. The first kappa shape index (κ1) is 12.2. The molecule has 1 aliphatic carbocycles. The van der Waals surface area contributed by atoms with E-state index >= 15 is 0 Å². The summed E-state index contributed by atoms with van der Waals surface area (Å²) in [5.74, 6) is 0.706. The number of fused-ring (bicyclic) bond motifs is 1. The van der Waals surface area contributed by atoms with Crippen molar-refractivity contribution in [2.75, 3.05) is 6.61 Å². The number of hydrogen-bond donors (Lipinski definition) is 1. The number of aryl methyl sites for hydroxylation is 2. The van der Waals surface area contributed by atoms with E-state index in [-0.39, 0.29) is 5.41 Å². The summed E-state index contributed by atoms with van der Waals surface area (Å²) in [7, 11) is 1.98. The molecular formula is C14H23N3O. The van der Waals surface area contributed by atoms with Crippen LogP contribution in [0.15, 0.2) is 6.20 Å². The Kier molecular flexibility index (Phi) is 2.75. The molecule has 0 radical (unpaired) electrons. The van der Waals surface area contributed by atoms with Crippen molar-refractivity contribution in [3.8, 4) is 0 Å². The predicted octanol–water partition coefficient (Wildman–Crippen LogP) is 1.63. The molecule has 2 heterocycles. The van der Waals surface area contributed by atoms with Gasteiger partial charge in [0.2, 0.25) is 0 Å². The van der Waals surface area contributed by atoms with Gasteiger partial charge in [-0.1, -0.05) is 13.8 Å². The van der Waals surface area contributed by atoms with Crippen molar-refractivity contribution in [1.82, 2.24) is 15.1 Å². The molecule has 1 N–H and O–H groups in total. The van der Waals surface area contributed by atoms with E-state index in [1.807, 2.05) is 11.7 Å². The van der Waals surface area contributed by atoms with Crippen molar-refractivity contribution in [1.29, 1.82) is 0 Å². The number of nitrogens with zero attached hydrogens (tertiary/aromatic N) is 2. The van der Waals surface area contributed by atoms with Gasteiger partial charge in [0.15, 0.2) is 0 Å². The molecule has 2 aliphatic rings. The van der Waals surface area contributed by atoms with Crippen LogP contribution in [0, 0.1) is 18.3 Å². The van der Waals surface area contributed by atoms with Crippen LogP contribution in [0.3, 0.4) is 0 Å². The van der Waals surface area contributed by atoms with E-state index in [0.717, 1.165) is 18.8 Å². The van der Waals surface area contributed by atoms with Gasteiger partial charge < -0.3 is 10.1 Å². The molecule has 4 heteroatoms. The van der Waals surface area contributed by atoms with E-state index < -0.39 is 0 Å². The molecular weight excluding hydrogens is 226 g/mol. The fourth-order valence-electron chi connectivity index (χ4n) is 3.78. The highest BCUT2D eigenvalue weighted by molar-refractivity contribution is 5.17. The topological polar surface area (TPSA) is 39.1 Å². The molecule has 3 unspecified atom stereocenters. The molecule has 1 aromatic heterocycles. The van der Waals surface area contributed by atoms with E-state index in [1.165, 1.54) is 12.0 Å².